The molecular weight excluding hydrogens is 340 g/mol. The molecule has 4 heteroatoms. The summed E-state index contributed by atoms with van der Waals surface area (Å²) in [6.45, 7) is 3.72. The summed E-state index contributed by atoms with van der Waals surface area (Å²) in [5, 5.41) is 8.75. The zero-order valence-electron chi connectivity index (χ0n) is 16.2. The van der Waals surface area contributed by atoms with Crippen LogP contribution in [-0.2, 0) is 0 Å². The van der Waals surface area contributed by atoms with Crippen molar-refractivity contribution < 1.29 is 19.4 Å². The maximum absolute atomic E-state index is 12.6. The van der Waals surface area contributed by atoms with Crippen molar-refractivity contribution in [2.75, 3.05) is 19.8 Å². The number of carbonyl (C=O) groups is 1. The van der Waals surface area contributed by atoms with E-state index >= 15 is 0 Å². The van der Waals surface area contributed by atoms with Crippen molar-refractivity contribution in [3.05, 3.63) is 59.7 Å². The highest BCUT2D eigenvalue weighted by molar-refractivity contribution is 6.09. The van der Waals surface area contributed by atoms with Crippen LogP contribution >= 0.6 is 0 Å². The van der Waals surface area contributed by atoms with E-state index in [0.29, 0.717) is 24.3 Å². The summed E-state index contributed by atoms with van der Waals surface area (Å²) < 4.78 is 11.3. The van der Waals surface area contributed by atoms with E-state index < -0.39 is 0 Å². The molecule has 0 aliphatic rings. The van der Waals surface area contributed by atoms with Gasteiger partial charge in [0.05, 0.1) is 13.2 Å². The number of carbonyl (C=O) groups excluding carboxylic acids is 1. The smallest absolute Gasteiger partial charge is 0.193 e. The van der Waals surface area contributed by atoms with Crippen LogP contribution in [0.3, 0.4) is 0 Å². The van der Waals surface area contributed by atoms with Crippen LogP contribution in [0.4, 0.5) is 0 Å². The lowest BCUT2D eigenvalue weighted by Crippen LogP contribution is -2.03. The molecule has 0 aliphatic carbocycles. The van der Waals surface area contributed by atoms with Gasteiger partial charge >= 0.3 is 0 Å². The molecule has 1 N–H and O–H groups in total. The van der Waals surface area contributed by atoms with Gasteiger partial charge in [-0.25, -0.2) is 0 Å². The molecule has 0 aromatic heterocycles. The fourth-order valence-electron chi connectivity index (χ4n) is 2.69. The summed E-state index contributed by atoms with van der Waals surface area (Å²) in [6, 6.07) is 14.5. The summed E-state index contributed by atoms with van der Waals surface area (Å²) in [6.07, 6.45) is 6.05. The molecule has 0 heterocycles. The van der Waals surface area contributed by atoms with Crippen molar-refractivity contribution in [3.8, 4) is 11.5 Å². The Balaban J connectivity index is 1.84. The zero-order valence-corrected chi connectivity index (χ0v) is 16.2. The molecule has 0 amide bonds. The van der Waals surface area contributed by atoms with Gasteiger partial charge in [-0.15, -0.1) is 0 Å². The van der Waals surface area contributed by atoms with Crippen LogP contribution in [0.1, 0.15) is 61.4 Å². The van der Waals surface area contributed by atoms with Gasteiger partial charge in [-0.1, -0.05) is 19.8 Å². The molecule has 0 spiro atoms. The van der Waals surface area contributed by atoms with Crippen LogP contribution in [0.25, 0.3) is 0 Å². The van der Waals surface area contributed by atoms with Gasteiger partial charge in [-0.3, -0.25) is 4.79 Å². The van der Waals surface area contributed by atoms with Gasteiger partial charge in [0.2, 0.25) is 0 Å². The van der Waals surface area contributed by atoms with Crippen molar-refractivity contribution >= 4 is 5.78 Å². The second kappa shape index (κ2) is 12.1. The first-order valence-corrected chi connectivity index (χ1v) is 9.86. The molecule has 0 aliphatic heterocycles. The van der Waals surface area contributed by atoms with Gasteiger partial charge in [0, 0.05) is 17.7 Å². The SMILES string of the molecule is CCCCCOc1ccc(C(=O)c2ccc(OCCCCCO)cc2)cc1. The van der Waals surface area contributed by atoms with Crippen LogP contribution in [0, 0.1) is 0 Å². The van der Waals surface area contributed by atoms with Gasteiger partial charge in [0.1, 0.15) is 11.5 Å². The van der Waals surface area contributed by atoms with Crippen molar-refractivity contribution in [2.24, 2.45) is 0 Å². The topological polar surface area (TPSA) is 55.8 Å². The number of hydrogen-bond acceptors (Lipinski definition) is 4. The Morgan fingerprint density at radius 2 is 1.22 bits per heavy atom. The number of aliphatic hydroxyl groups is 1. The summed E-state index contributed by atoms with van der Waals surface area (Å²) in [4.78, 5) is 12.6. The summed E-state index contributed by atoms with van der Waals surface area (Å²) in [7, 11) is 0. The minimum Gasteiger partial charge on any atom is -0.494 e. The van der Waals surface area contributed by atoms with E-state index in [9.17, 15) is 4.79 Å². The van der Waals surface area contributed by atoms with Gasteiger partial charge in [-0.2, -0.15) is 0 Å². The Hall–Kier alpha value is -2.33. The van der Waals surface area contributed by atoms with E-state index in [4.69, 9.17) is 14.6 Å². The van der Waals surface area contributed by atoms with Crippen molar-refractivity contribution in [3.63, 3.8) is 0 Å². The second-order valence-corrected chi connectivity index (χ2v) is 6.57. The second-order valence-electron chi connectivity index (χ2n) is 6.57. The first kappa shape index (κ1) is 21.0. The van der Waals surface area contributed by atoms with E-state index in [1.54, 1.807) is 12.1 Å². The number of unbranched alkanes of at least 4 members (excludes halogenated alkanes) is 4. The van der Waals surface area contributed by atoms with E-state index in [-0.39, 0.29) is 12.4 Å². The molecule has 27 heavy (non-hydrogen) atoms. The van der Waals surface area contributed by atoms with E-state index in [1.807, 2.05) is 36.4 Å². The zero-order chi connectivity index (χ0) is 19.3. The third kappa shape index (κ3) is 7.43. The van der Waals surface area contributed by atoms with Gasteiger partial charge in [0.15, 0.2) is 5.78 Å². The molecule has 4 nitrogen and oxygen atoms in total. The lowest BCUT2D eigenvalue weighted by atomic mass is 10.0. The Morgan fingerprint density at radius 1 is 0.741 bits per heavy atom. The average molecular weight is 370 g/mol. The number of ether oxygens (including phenoxy) is 2. The Kier molecular flexibility index (Phi) is 9.42. The van der Waals surface area contributed by atoms with Crippen LogP contribution in [0.5, 0.6) is 11.5 Å². The Bertz CT molecular complexity index is 662. The molecular formula is C23H30O4. The minimum absolute atomic E-state index is 0.0120. The number of ketones is 1. The molecule has 0 atom stereocenters. The fourth-order valence-corrected chi connectivity index (χ4v) is 2.69. The number of hydrogen-bond donors (Lipinski definition) is 1. The summed E-state index contributed by atoms with van der Waals surface area (Å²) in [5.74, 6) is 1.54. The molecule has 0 saturated heterocycles. The molecule has 146 valence electrons. The van der Waals surface area contributed by atoms with Gasteiger partial charge < -0.3 is 14.6 Å². The van der Waals surface area contributed by atoms with Crippen LogP contribution < -0.4 is 9.47 Å². The number of benzene rings is 2. The van der Waals surface area contributed by atoms with Crippen molar-refractivity contribution in [2.45, 2.75) is 45.4 Å². The minimum atomic E-state index is -0.0120. The lowest BCUT2D eigenvalue weighted by molar-refractivity contribution is 0.103. The molecule has 2 aromatic carbocycles. The predicted molar refractivity (Wildman–Crippen MR) is 108 cm³/mol. The molecule has 0 unspecified atom stereocenters. The van der Waals surface area contributed by atoms with Gasteiger partial charge in [-0.05, 0) is 74.2 Å². The maximum atomic E-state index is 12.6. The monoisotopic (exact) mass is 370 g/mol. The first-order chi connectivity index (χ1) is 13.2. The van der Waals surface area contributed by atoms with Crippen molar-refractivity contribution in [1.29, 1.82) is 0 Å². The highest BCUT2D eigenvalue weighted by Crippen LogP contribution is 2.18. The predicted octanol–water partition coefficient (Wildman–Crippen LogP) is 5.03. The first-order valence-electron chi connectivity index (χ1n) is 9.86. The third-order valence-electron chi connectivity index (χ3n) is 4.32. The molecule has 2 aromatic rings. The van der Waals surface area contributed by atoms with Crippen LogP contribution in [0.2, 0.25) is 0 Å². The van der Waals surface area contributed by atoms with Crippen LogP contribution in [0.15, 0.2) is 48.5 Å². The van der Waals surface area contributed by atoms with E-state index in [0.717, 1.165) is 37.2 Å². The quantitative estimate of drug-likeness (QED) is 0.397. The third-order valence-corrected chi connectivity index (χ3v) is 4.32. The molecule has 2 rings (SSSR count). The molecule has 0 saturated carbocycles. The standard InChI is InChI=1S/C23H30O4/c1-2-3-6-17-26-21-12-8-19(9-13-21)23(25)20-10-14-22(15-11-20)27-18-7-4-5-16-24/h8-15,24H,2-7,16-18H2,1H3. The molecule has 0 bridgehead atoms. The lowest BCUT2D eigenvalue weighted by Gasteiger charge is -2.08. The van der Waals surface area contributed by atoms with Crippen LogP contribution in [-0.4, -0.2) is 30.7 Å². The summed E-state index contributed by atoms with van der Waals surface area (Å²) >= 11 is 0. The highest BCUT2D eigenvalue weighted by Gasteiger charge is 2.09. The Morgan fingerprint density at radius 3 is 1.67 bits per heavy atom. The molecule has 0 fully saturated rings. The molecule has 0 radical (unpaired) electrons. The normalized spacial score (nSPS) is 10.6. The maximum Gasteiger partial charge on any atom is 0.193 e. The van der Waals surface area contributed by atoms with E-state index in [1.165, 1.54) is 12.8 Å². The fraction of sp³-hybridized carbons (Fsp3) is 0.435. The number of rotatable bonds is 13. The van der Waals surface area contributed by atoms with Crippen molar-refractivity contribution in [1.82, 2.24) is 0 Å². The Labute approximate surface area is 162 Å². The summed E-state index contributed by atoms with van der Waals surface area (Å²) in [5.41, 5.74) is 1.29. The average Bonchev–Trinajstić information content (AvgIpc) is 2.71. The van der Waals surface area contributed by atoms with Gasteiger partial charge in [0.25, 0.3) is 0 Å². The van der Waals surface area contributed by atoms with E-state index in [2.05, 4.69) is 6.92 Å². The number of aliphatic hydroxyl groups excluding tert-OH is 1. The largest absolute Gasteiger partial charge is 0.494 e. The highest BCUT2D eigenvalue weighted by atomic mass is 16.5.